The number of nitrogens with two attached hydrogens (primary N) is 1. The van der Waals surface area contributed by atoms with E-state index in [4.69, 9.17) is 5.73 Å². The Kier molecular flexibility index (Phi) is 4.07. The van der Waals surface area contributed by atoms with Gasteiger partial charge < -0.3 is 5.73 Å². The summed E-state index contributed by atoms with van der Waals surface area (Å²) in [7, 11) is 0. The largest absolute Gasteiger partial charge is 0.324 e. The highest BCUT2D eigenvalue weighted by atomic mass is 127. The van der Waals surface area contributed by atoms with Gasteiger partial charge in [-0.15, -0.1) is 0 Å². The number of halogens is 2. The number of hydrogen-bond donors (Lipinski definition) is 1. The van der Waals surface area contributed by atoms with Crippen molar-refractivity contribution >= 4 is 38.5 Å². The van der Waals surface area contributed by atoms with Crippen LogP contribution < -0.4 is 5.73 Å². The summed E-state index contributed by atoms with van der Waals surface area (Å²) in [6, 6.07) is 6.58. The van der Waals surface area contributed by atoms with Gasteiger partial charge in [0.25, 0.3) is 0 Å². The number of benzene rings is 1. The molecule has 1 unspecified atom stereocenters. The molecule has 0 aliphatic heterocycles. The van der Waals surface area contributed by atoms with Crippen molar-refractivity contribution in [3.63, 3.8) is 0 Å². The Morgan fingerprint density at radius 2 is 2.20 bits per heavy atom. The van der Waals surface area contributed by atoms with Crippen LogP contribution in [0.1, 0.15) is 37.3 Å². The second-order valence-corrected chi connectivity index (χ2v) is 6.40. The molecule has 1 nitrogen and oxygen atoms in total. The van der Waals surface area contributed by atoms with Crippen LogP contribution in [0.5, 0.6) is 0 Å². The summed E-state index contributed by atoms with van der Waals surface area (Å²) >= 11 is 5.91. The first-order chi connectivity index (χ1) is 7.16. The van der Waals surface area contributed by atoms with Gasteiger partial charge in [-0.2, -0.15) is 0 Å². The van der Waals surface area contributed by atoms with Gasteiger partial charge >= 0.3 is 0 Å². The molecule has 82 valence electrons. The van der Waals surface area contributed by atoms with E-state index in [2.05, 4.69) is 56.7 Å². The van der Waals surface area contributed by atoms with E-state index in [-0.39, 0.29) is 6.04 Å². The first kappa shape index (κ1) is 11.9. The van der Waals surface area contributed by atoms with E-state index in [1.807, 2.05) is 0 Å². The number of hydrogen-bond acceptors (Lipinski definition) is 1. The maximum absolute atomic E-state index is 6.24. The van der Waals surface area contributed by atoms with Crippen LogP contribution >= 0.6 is 38.5 Å². The van der Waals surface area contributed by atoms with Crippen LogP contribution in [-0.4, -0.2) is 0 Å². The van der Waals surface area contributed by atoms with E-state index < -0.39 is 0 Å². The molecule has 0 spiro atoms. The molecule has 1 fully saturated rings. The molecule has 1 aliphatic carbocycles. The third-order valence-electron chi connectivity index (χ3n) is 3.17. The Morgan fingerprint density at radius 1 is 1.47 bits per heavy atom. The summed E-state index contributed by atoms with van der Waals surface area (Å²) in [5.74, 6) is 0.866. The topological polar surface area (TPSA) is 26.0 Å². The van der Waals surface area contributed by atoms with Crippen molar-refractivity contribution in [1.29, 1.82) is 0 Å². The third kappa shape index (κ3) is 2.94. The Morgan fingerprint density at radius 3 is 2.80 bits per heavy atom. The molecule has 0 aromatic heterocycles. The lowest BCUT2D eigenvalue weighted by atomic mass is 9.80. The average molecular weight is 380 g/mol. The Balaban J connectivity index is 2.09. The van der Waals surface area contributed by atoms with Crippen LogP contribution in [0.4, 0.5) is 0 Å². The molecule has 1 aromatic carbocycles. The van der Waals surface area contributed by atoms with Crippen molar-refractivity contribution in [3.05, 3.63) is 31.8 Å². The van der Waals surface area contributed by atoms with E-state index in [9.17, 15) is 0 Å². The predicted molar refractivity (Wildman–Crippen MR) is 75.7 cm³/mol. The minimum Gasteiger partial charge on any atom is -0.324 e. The normalized spacial score (nSPS) is 18.6. The summed E-state index contributed by atoms with van der Waals surface area (Å²) in [5.41, 5.74) is 7.50. The lowest BCUT2D eigenvalue weighted by Gasteiger charge is -2.28. The van der Waals surface area contributed by atoms with Gasteiger partial charge in [0.2, 0.25) is 0 Å². The minimum atomic E-state index is 0.194. The zero-order valence-corrected chi connectivity index (χ0v) is 12.3. The van der Waals surface area contributed by atoms with Crippen molar-refractivity contribution in [3.8, 4) is 0 Å². The molecule has 0 amide bonds. The van der Waals surface area contributed by atoms with Gasteiger partial charge in [0.05, 0.1) is 0 Å². The summed E-state index contributed by atoms with van der Waals surface area (Å²) in [6.07, 6.45) is 5.27. The van der Waals surface area contributed by atoms with Gasteiger partial charge in [0, 0.05) is 14.1 Å². The molecule has 0 heterocycles. The molecule has 15 heavy (non-hydrogen) atoms. The van der Waals surface area contributed by atoms with Gasteiger partial charge in [0.1, 0.15) is 0 Å². The molecule has 2 rings (SSSR count). The lowest BCUT2D eigenvalue weighted by Crippen LogP contribution is -2.20. The van der Waals surface area contributed by atoms with Gasteiger partial charge in [0.15, 0.2) is 0 Å². The van der Waals surface area contributed by atoms with E-state index in [1.165, 1.54) is 28.4 Å². The van der Waals surface area contributed by atoms with Crippen molar-refractivity contribution in [1.82, 2.24) is 0 Å². The average Bonchev–Trinajstić information content (AvgIpc) is 2.15. The maximum atomic E-state index is 6.24. The smallest absolute Gasteiger partial charge is 0.0309 e. The fourth-order valence-corrected chi connectivity index (χ4v) is 3.07. The zero-order chi connectivity index (χ0) is 10.8. The van der Waals surface area contributed by atoms with Gasteiger partial charge in [-0.3, -0.25) is 0 Å². The molecule has 3 heteroatoms. The summed E-state index contributed by atoms with van der Waals surface area (Å²) in [5, 5.41) is 0. The quantitative estimate of drug-likeness (QED) is 0.781. The van der Waals surface area contributed by atoms with Gasteiger partial charge in [-0.1, -0.05) is 35.2 Å². The fourth-order valence-electron chi connectivity index (χ4n) is 2.01. The SMILES string of the molecule is NC(CC1CCC1)c1cc(I)ccc1Br. The second-order valence-electron chi connectivity index (χ2n) is 4.30. The van der Waals surface area contributed by atoms with Crippen LogP contribution in [0.2, 0.25) is 0 Å². The van der Waals surface area contributed by atoms with Crippen LogP contribution in [-0.2, 0) is 0 Å². The van der Waals surface area contributed by atoms with E-state index in [0.29, 0.717) is 0 Å². The first-order valence-corrected chi connectivity index (χ1v) is 7.24. The Labute approximate surface area is 113 Å². The van der Waals surface area contributed by atoms with E-state index >= 15 is 0 Å². The molecular weight excluding hydrogens is 365 g/mol. The highest BCUT2D eigenvalue weighted by molar-refractivity contribution is 14.1. The second kappa shape index (κ2) is 5.15. The van der Waals surface area contributed by atoms with Crippen molar-refractivity contribution in [2.24, 2.45) is 11.7 Å². The molecule has 2 N–H and O–H groups in total. The Bertz CT molecular complexity index is 349. The molecule has 0 radical (unpaired) electrons. The summed E-state index contributed by atoms with van der Waals surface area (Å²) < 4.78 is 2.41. The highest BCUT2D eigenvalue weighted by Crippen LogP contribution is 2.35. The van der Waals surface area contributed by atoms with Crippen LogP contribution in [0.15, 0.2) is 22.7 Å². The van der Waals surface area contributed by atoms with Gasteiger partial charge in [-0.25, -0.2) is 0 Å². The predicted octanol–water partition coefficient (Wildman–Crippen LogP) is 4.24. The molecule has 0 bridgehead atoms. The molecule has 1 atom stereocenters. The lowest BCUT2D eigenvalue weighted by molar-refractivity contribution is 0.277. The molecule has 1 aromatic rings. The fraction of sp³-hybridized carbons (Fsp3) is 0.500. The Hall–Kier alpha value is 0.390. The third-order valence-corrected chi connectivity index (χ3v) is 4.56. The highest BCUT2D eigenvalue weighted by Gasteiger charge is 2.21. The zero-order valence-electron chi connectivity index (χ0n) is 8.55. The molecule has 1 saturated carbocycles. The van der Waals surface area contributed by atoms with E-state index in [0.717, 1.165) is 16.8 Å². The molecule has 1 aliphatic rings. The molecule has 0 saturated heterocycles. The van der Waals surface area contributed by atoms with Crippen LogP contribution in [0.25, 0.3) is 0 Å². The first-order valence-electron chi connectivity index (χ1n) is 5.37. The standard InChI is InChI=1S/C12H15BrIN/c13-11-5-4-9(14)7-10(11)12(15)6-8-2-1-3-8/h4-5,7-8,12H,1-3,6,15H2. The maximum Gasteiger partial charge on any atom is 0.0309 e. The van der Waals surface area contributed by atoms with Crippen LogP contribution in [0.3, 0.4) is 0 Å². The van der Waals surface area contributed by atoms with Gasteiger partial charge in [-0.05, 0) is 58.7 Å². The number of rotatable bonds is 3. The minimum absolute atomic E-state index is 0.194. The van der Waals surface area contributed by atoms with E-state index in [1.54, 1.807) is 0 Å². The molecular formula is C12H15BrIN. The van der Waals surface area contributed by atoms with Crippen molar-refractivity contribution < 1.29 is 0 Å². The van der Waals surface area contributed by atoms with Crippen molar-refractivity contribution in [2.45, 2.75) is 31.7 Å². The monoisotopic (exact) mass is 379 g/mol. The summed E-state index contributed by atoms with van der Waals surface area (Å²) in [6.45, 7) is 0. The van der Waals surface area contributed by atoms with Crippen molar-refractivity contribution in [2.75, 3.05) is 0 Å². The van der Waals surface area contributed by atoms with Crippen LogP contribution in [0, 0.1) is 9.49 Å². The summed E-state index contributed by atoms with van der Waals surface area (Å²) in [4.78, 5) is 0.